The van der Waals surface area contributed by atoms with Crippen molar-refractivity contribution in [1.29, 1.82) is 0 Å². The SMILES string of the molecule is CCOC(=O)C(CCCCO)(C(=O)O)c1ccccc1Br. The van der Waals surface area contributed by atoms with E-state index in [1.165, 1.54) is 0 Å². The number of rotatable bonds is 8. The Kier molecular flexibility index (Phi) is 6.84. The summed E-state index contributed by atoms with van der Waals surface area (Å²) in [5.41, 5.74) is -1.39. The van der Waals surface area contributed by atoms with Gasteiger partial charge in [-0.25, -0.2) is 0 Å². The summed E-state index contributed by atoms with van der Waals surface area (Å²) in [5.74, 6) is -2.02. The van der Waals surface area contributed by atoms with Gasteiger partial charge in [0.1, 0.15) is 0 Å². The highest BCUT2D eigenvalue weighted by Crippen LogP contribution is 2.36. The van der Waals surface area contributed by atoms with E-state index in [0.717, 1.165) is 0 Å². The van der Waals surface area contributed by atoms with Gasteiger partial charge in [-0.3, -0.25) is 9.59 Å². The van der Waals surface area contributed by atoms with Crippen LogP contribution in [0.3, 0.4) is 0 Å². The number of carboxylic acid groups (broad SMARTS) is 1. The second-order valence-electron chi connectivity index (χ2n) is 4.59. The summed E-state index contributed by atoms with van der Waals surface area (Å²) >= 11 is 3.31. The molecule has 21 heavy (non-hydrogen) atoms. The smallest absolute Gasteiger partial charge is 0.328 e. The predicted molar refractivity (Wildman–Crippen MR) is 81.0 cm³/mol. The average Bonchev–Trinajstić information content (AvgIpc) is 2.44. The number of hydrogen-bond donors (Lipinski definition) is 2. The fourth-order valence-electron chi connectivity index (χ4n) is 2.22. The van der Waals surface area contributed by atoms with Crippen LogP contribution in [0.2, 0.25) is 0 Å². The summed E-state index contributed by atoms with van der Waals surface area (Å²) in [6, 6.07) is 6.73. The maximum absolute atomic E-state index is 12.4. The van der Waals surface area contributed by atoms with Crippen molar-refractivity contribution in [3.8, 4) is 0 Å². The number of halogens is 1. The zero-order valence-corrected chi connectivity index (χ0v) is 13.4. The van der Waals surface area contributed by atoms with Gasteiger partial charge in [0.2, 0.25) is 0 Å². The molecule has 0 radical (unpaired) electrons. The molecule has 5 nitrogen and oxygen atoms in total. The molecule has 1 rings (SSSR count). The lowest BCUT2D eigenvalue weighted by molar-refractivity contribution is -0.162. The van der Waals surface area contributed by atoms with Crippen LogP contribution in [0.5, 0.6) is 0 Å². The van der Waals surface area contributed by atoms with Crippen LogP contribution in [0.1, 0.15) is 31.7 Å². The zero-order valence-electron chi connectivity index (χ0n) is 11.8. The number of unbranched alkanes of at least 4 members (excludes halogenated alkanes) is 1. The first kappa shape index (κ1) is 17.7. The molecule has 0 heterocycles. The summed E-state index contributed by atoms with van der Waals surface area (Å²) in [7, 11) is 0. The van der Waals surface area contributed by atoms with E-state index in [0.29, 0.717) is 22.9 Å². The van der Waals surface area contributed by atoms with Gasteiger partial charge in [-0.05, 0) is 37.8 Å². The van der Waals surface area contributed by atoms with Crippen LogP contribution >= 0.6 is 15.9 Å². The Morgan fingerprint density at radius 1 is 1.29 bits per heavy atom. The van der Waals surface area contributed by atoms with Gasteiger partial charge in [0.25, 0.3) is 0 Å². The van der Waals surface area contributed by atoms with Crippen molar-refractivity contribution in [3.63, 3.8) is 0 Å². The molecule has 2 N–H and O–H groups in total. The van der Waals surface area contributed by atoms with Crippen LogP contribution in [0.4, 0.5) is 0 Å². The number of ether oxygens (including phenoxy) is 1. The van der Waals surface area contributed by atoms with Crippen molar-refractivity contribution >= 4 is 27.9 Å². The molecule has 1 unspecified atom stereocenters. The maximum atomic E-state index is 12.4. The normalized spacial score (nSPS) is 13.5. The topological polar surface area (TPSA) is 83.8 Å². The number of carbonyl (C=O) groups is 2. The molecule has 0 aliphatic heterocycles. The summed E-state index contributed by atoms with van der Waals surface area (Å²) in [6.45, 7) is 1.70. The number of esters is 1. The van der Waals surface area contributed by atoms with Gasteiger partial charge in [-0.1, -0.05) is 34.1 Å². The van der Waals surface area contributed by atoms with Crippen molar-refractivity contribution in [3.05, 3.63) is 34.3 Å². The van der Waals surface area contributed by atoms with E-state index in [1.54, 1.807) is 31.2 Å². The molecule has 0 bridgehead atoms. The maximum Gasteiger partial charge on any atom is 0.328 e. The van der Waals surface area contributed by atoms with Crippen LogP contribution in [0.25, 0.3) is 0 Å². The Balaban J connectivity index is 3.33. The monoisotopic (exact) mass is 358 g/mol. The number of hydrogen-bond acceptors (Lipinski definition) is 4. The van der Waals surface area contributed by atoms with E-state index >= 15 is 0 Å². The molecule has 0 spiro atoms. The molecule has 1 aromatic rings. The Bertz CT molecular complexity index is 503. The van der Waals surface area contributed by atoms with E-state index in [2.05, 4.69) is 15.9 Å². The highest BCUT2D eigenvalue weighted by atomic mass is 79.9. The molecule has 0 aliphatic rings. The second kappa shape index (κ2) is 8.14. The predicted octanol–water partition coefficient (Wildman–Crippen LogP) is 2.50. The Morgan fingerprint density at radius 3 is 2.48 bits per heavy atom. The number of aliphatic hydroxyl groups excluding tert-OH is 1. The molecule has 0 fully saturated rings. The molecule has 0 saturated carbocycles. The summed E-state index contributed by atoms with van der Waals surface area (Å²) in [6.07, 6.45) is 0.909. The number of carbonyl (C=O) groups excluding carboxylic acids is 1. The molecule has 1 atom stereocenters. The van der Waals surface area contributed by atoms with Crippen molar-refractivity contribution in [2.75, 3.05) is 13.2 Å². The standard InChI is InChI=1S/C15H19BrO5/c1-2-21-14(20)15(13(18)19,9-5-6-10-17)11-7-3-4-8-12(11)16/h3-4,7-8,17H,2,5-6,9-10H2,1H3,(H,18,19). The van der Waals surface area contributed by atoms with Crippen LogP contribution in [-0.4, -0.2) is 35.4 Å². The van der Waals surface area contributed by atoms with E-state index in [1.807, 2.05) is 0 Å². The molecule has 1 aromatic carbocycles. The number of aliphatic carboxylic acids is 1. The van der Waals surface area contributed by atoms with Gasteiger partial charge in [0, 0.05) is 11.1 Å². The quantitative estimate of drug-likeness (QED) is 0.423. The Labute approximate surface area is 132 Å². The minimum atomic E-state index is -1.76. The van der Waals surface area contributed by atoms with Gasteiger partial charge in [-0.15, -0.1) is 0 Å². The summed E-state index contributed by atoms with van der Waals surface area (Å²) < 4.78 is 5.55. The molecule has 0 aromatic heterocycles. The zero-order chi connectivity index (χ0) is 15.9. The third kappa shape index (κ3) is 3.83. The molecule has 0 saturated heterocycles. The fraction of sp³-hybridized carbons (Fsp3) is 0.467. The van der Waals surface area contributed by atoms with Crippen molar-refractivity contribution < 1.29 is 24.5 Å². The van der Waals surface area contributed by atoms with Gasteiger partial charge in [0.05, 0.1) is 6.61 Å². The molecule has 116 valence electrons. The van der Waals surface area contributed by atoms with Crippen LogP contribution in [-0.2, 0) is 19.7 Å². The minimum absolute atomic E-state index is 0.0471. The van der Waals surface area contributed by atoms with Crippen LogP contribution < -0.4 is 0 Å². The number of carboxylic acids is 1. The van der Waals surface area contributed by atoms with Crippen molar-refractivity contribution in [2.24, 2.45) is 0 Å². The molecule has 0 amide bonds. The van der Waals surface area contributed by atoms with Crippen molar-refractivity contribution in [1.82, 2.24) is 0 Å². The summed E-state index contributed by atoms with van der Waals surface area (Å²) in [5, 5.41) is 18.6. The van der Waals surface area contributed by atoms with Crippen LogP contribution in [0, 0.1) is 0 Å². The van der Waals surface area contributed by atoms with E-state index in [-0.39, 0.29) is 19.6 Å². The van der Waals surface area contributed by atoms with E-state index in [4.69, 9.17) is 9.84 Å². The lowest BCUT2D eigenvalue weighted by atomic mass is 9.76. The highest BCUT2D eigenvalue weighted by molar-refractivity contribution is 9.10. The highest BCUT2D eigenvalue weighted by Gasteiger charge is 2.49. The van der Waals surface area contributed by atoms with Crippen LogP contribution in [0.15, 0.2) is 28.7 Å². The number of benzene rings is 1. The lowest BCUT2D eigenvalue weighted by Crippen LogP contribution is -2.45. The number of aliphatic hydroxyl groups is 1. The van der Waals surface area contributed by atoms with Gasteiger partial charge < -0.3 is 14.9 Å². The van der Waals surface area contributed by atoms with Crippen molar-refractivity contribution in [2.45, 2.75) is 31.6 Å². The molecule has 0 aliphatic carbocycles. The van der Waals surface area contributed by atoms with Gasteiger partial charge in [-0.2, -0.15) is 0 Å². The first-order valence-electron chi connectivity index (χ1n) is 6.77. The summed E-state index contributed by atoms with van der Waals surface area (Å²) in [4.78, 5) is 24.3. The molecular formula is C15H19BrO5. The first-order chi connectivity index (χ1) is 10.0. The molecular weight excluding hydrogens is 340 g/mol. The third-order valence-electron chi connectivity index (χ3n) is 3.28. The average molecular weight is 359 g/mol. The third-order valence-corrected chi connectivity index (χ3v) is 3.97. The van der Waals surface area contributed by atoms with E-state index < -0.39 is 17.4 Å². The van der Waals surface area contributed by atoms with Gasteiger partial charge >= 0.3 is 11.9 Å². The van der Waals surface area contributed by atoms with E-state index in [9.17, 15) is 14.7 Å². The Morgan fingerprint density at radius 2 is 1.95 bits per heavy atom. The van der Waals surface area contributed by atoms with Gasteiger partial charge in [0.15, 0.2) is 5.41 Å². The fourth-order valence-corrected chi connectivity index (χ4v) is 2.84. The minimum Gasteiger partial charge on any atom is -0.480 e. The molecule has 6 heteroatoms. The first-order valence-corrected chi connectivity index (χ1v) is 7.56. The second-order valence-corrected chi connectivity index (χ2v) is 5.45. The Hall–Kier alpha value is -1.40. The lowest BCUT2D eigenvalue weighted by Gasteiger charge is -2.28. The largest absolute Gasteiger partial charge is 0.480 e.